The second-order valence-corrected chi connectivity index (χ2v) is 4.11. The van der Waals surface area contributed by atoms with Crippen LogP contribution < -0.4 is 11.3 Å². The van der Waals surface area contributed by atoms with Gasteiger partial charge in [-0.2, -0.15) is 9.67 Å². The van der Waals surface area contributed by atoms with Crippen molar-refractivity contribution in [1.82, 2.24) is 24.3 Å². The highest BCUT2D eigenvalue weighted by Crippen LogP contribution is 2.10. The van der Waals surface area contributed by atoms with Crippen molar-refractivity contribution in [2.75, 3.05) is 5.73 Å². The van der Waals surface area contributed by atoms with Gasteiger partial charge in [-0.15, -0.1) is 5.10 Å². The molecule has 0 saturated carbocycles. The molecule has 2 heterocycles. The zero-order valence-corrected chi connectivity index (χ0v) is 10.8. The van der Waals surface area contributed by atoms with Gasteiger partial charge in [0.15, 0.2) is 0 Å². The molecule has 0 spiro atoms. The van der Waals surface area contributed by atoms with E-state index in [0.29, 0.717) is 11.3 Å². The minimum Gasteiger partial charge on any atom is -0.366 e. The summed E-state index contributed by atoms with van der Waals surface area (Å²) in [6.45, 7) is 2.63. The van der Waals surface area contributed by atoms with E-state index in [2.05, 4.69) is 31.0 Å². The first-order valence-corrected chi connectivity index (χ1v) is 5.86. The van der Waals surface area contributed by atoms with E-state index in [1.165, 1.54) is 4.68 Å². The third-order valence-electron chi connectivity index (χ3n) is 2.14. The zero-order chi connectivity index (χ0) is 12.4. The number of rotatable bonds is 3. The molecule has 8 heteroatoms. The standard InChI is InChI=1S/C9H11BrN6O/c1-2-4-15-5-3-12-6(7(15)17)16-8(10)13-9(11)14-16/h3,5H,2,4H2,1H3,(H2,11,14). The number of hydrogen-bond acceptors (Lipinski definition) is 5. The molecule has 0 atom stereocenters. The topological polar surface area (TPSA) is 91.6 Å². The number of nitrogens with zero attached hydrogens (tertiary/aromatic N) is 5. The van der Waals surface area contributed by atoms with Crippen molar-refractivity contribution in [2.45, 2.75) is 19.9 Å². The minimum absolute atomic E-state index is 0.0870. The largest absolute Gasteiger partial charge is 0.366 e. The molecule has 0 unspecified atom stereocenters. The maximum atomic E-state index is 12.1. The van der Waals surface area contributed by atoms with Gasteiger partial charge in [0.1, 0.15) is 0 Å². The Kier molecular flexibility index (Phi) is 3.23. The zero-order valence-electron chi connectivity index (χ0n) is 9.17. The van der Waals surface area contributed by atoms with Gasteiger partial charge in [0, 0.05) is 18.9 Å². The Bertz CT molecular complexity index is 589. The van der Waals surface area contributed by atoms with Crippen molar-refractivity contribution in [2.24, 2.45) is 0 Å². The van der Waals surface area contributed by atoms with Gasteiger partial charge in [0.05, 0.1) is 0 Å². The average Bonchev–Trinajstić information content (AvgIpc) is 2.61. The van der Waals surface area contributed by atoms with Crippen LogP contribution in [0.25, 0.3) is 5.82 Å². The summed E-state index contributed by atoms with van der Waals surface area (Å²) in [6, 6.07) is 0. The molecule has 17 heavy (non-hydrogen) atoms. The van der Waals surface area contributed by atoms with E-state index in [4.69, 9.17) is 5.73 Å². The molecule has 0 aromatic carbocycles. The molecule has 0 bridgehead atoms. The lowest BCUT2D eigenvalue weighted by molar-refractivity contribution is 0.635. The lowest BCUT2D eigenvalue weighted by Crippen LogP contribution is -2.25. The van der Waals surface area contributed by atoms with Crippen molar-refractivity contribution in [3.8, 4) is 5.82 Å². The van der Waals surface area contributed by atoms with Gasteiger partial charge >= 0.3 is 0 Å². The van der Waals surface area contributed by atoms with E-state index in [1.807, 2.05) is 6.92 Å². The smallest absolute Gasteiger partial charge is 0.295 e. The number of aromatic nitrogens is 5. The van der Waals surface area contributed by atoms with E-state index in [-0.39, 0.29) is 17.3 Å². The Morgan fingerprint density at radius 1 is 1.53 bits per heavy atom. The van der Waals surface area contributed by atoms with Gasteiger partial charge in [-0.05, 0) is 22.4 Å². The highest BCUT2D eigenvalue weighted by atomic mass is 79.9. The number of nitrogen functional groups attached to an aromatic ring is 1. The van der Waals surface area contributed by atoms with Crippen LogP contribution >= 0.6 is 15.9 Å². The molecule has 0 fully saturated rings. The second kappa shape index (κ2) is 4.66. The lowest BCUT2D eigenvalue weighted by Gasteiger charge is -2.05. The van der Waals surface area contributed by atoms with Crippen molar-refractivity contribution in [1.29, 1.82) is 0 Å². The van der Waals surface area contributed by atoms with Gasteiger partial charge in [-0.1, -0.05) is 6.92 Å². The average molecular weight is 299 g/mol. The van der Waals surface area contributed by atoms with Gasteiger partial charge in [-0.25, -0.2) is 4.98 Å². The van der Waals surface area contributed by atoms with Crippen LogP contribution in [0, 0.1) is 0 Å². The van der Waals surface area contributed by atoms with Crippen LogP contribution in [0.5, 0.6) is 0 Å². The summed E-state index contributed by atoms with van der Waals surface area (Å²) in [5, 5.41) is 3.90. The van der Waals surface area contributed by atoms with Crippen LogP contribution in [-0.4, -0.2) is 24.3 Å². The third kappa shape index (κ3) is 2.21. The highest BCUT2D eigenvalue weighted by Gasteiger charge is 2.13. The lowest BCUT2D eigenvalue weighted by atomic mass is 10.4. The van der Waals surface area contributed by atoms with Crippen LogP contribution in [-0.2, 0) is 6.54 Å². The van der Waals surface area contributed by atoms with E-state index in [1.54, 1.807) is 17.0 Å². The molecule has 7 nitrogen and oxygen atoms in total. The van der Waals surface area contributed by atoms with Crippen LogP contribution in [0.3, 0.4) is 0 Å². The number of aryl methyl sites for hydroxylation is 1. The molecule has 90 valence electrons. The van der Waals surface area contributed by atoms with Crippen molar-refractivity contribution in [3.63, 3.8) is 0 Å². The fourth-order valence-corrected chi connectivity index (χ4v) is 1.87. The van der Waals surface area contributed by atoms with Gasteiger partial charge in [0.25, 0.3) is 5.56 Å². The quantitative estimate of drug-likeness (QED) is 0.895. The fourth-order valence-electron chi connectivity index (χ4n) is 1.44. The normalized spacial score (nSPS) is 10.7. The Balaban J connectivity index is 2.56. The number of anilines is 1. The molecule has 2 rings (SSSR count). The Hall–Kier alpha value is -1.70. The number of hydrogen-bond donors (Lipinski definition) is 1. The maximum Gasteiger partial charge on any atom is 0.295 e. The van der Waals surface area contributed by atoms with E-state index < -0.39 is 0 Å². The monoisotopic (exact) mass is 298 g/mol. The van der Waals surface area contributed by atoms with Crippen LogP contribution in [0.15, 0.2) is 21.9 Å². The van der Waals surface area contributed by atoms with Gasteiger partial charge in [-0.3, -0.25) is 4.79 Å². The number of halogens is 1. The van der Waals surface area contributed by atoms with Gasteiger partial charge < -0.3 is 10.3 Å². The summed E-state index contributed by atoms with van der Waals surface area (Å²) >= 11 is 3.17. The summed E-state index contributed by atoms with van der Waals surface area (Å²) < 4.78 is 3.21. The Morgan fingerprint density at radius 3 is 2.88 bits per heavy atom. The third-order valence-corrected chi connectivity index (χ3v) is 2.66. The first kappa shape index (κ1) is 11.8. The summed E-state index contributed by atoms with van der Waals surface area (Å²) in [7, 11) is 0. The molecule has 0 aliphatic heterocycles. The van der Waals surface area contributed by atoms with Crippen LogP contribution in [0.1, 0.15) is 13.3 Å². The summed E-state index contributed by atoms with van der Waals surface area (Å²) in [5.74, 6) is 0.265. The summed E-state index contributed by atoms with van der Waals surface area (Å²) in [5.41, 5.74) is 5.23. The predicted octanol–water partition coefficient (Wildman–Crippen LogP) is 0.579. The van der Waals surface area contributed by atoms with Crippen molar-refractivity contribution >= 4 is 21.9 Å². The first-order chi connectivity index (χ1) is 8.13. The van der Waals surface area contributed by atoms with Gasteiger partial charge in [0.2, 0.25) is 16.5 Å². The molecule has 2 N–H and O–H groups in total. The first-order valence-electron chi connectivity index (χ1n) is 5.07. The molecule has 0 radical (unpaired) electrons. The molecular formula is C9H11BrN6O. The second-order valence-electron chi connectivity index (χ2n) is 3.40. The molecule has 0 aliphatic carbocycles. The molecule has 0 aliphatic rings. The molecular weight excluding hydrogens is 288 g/mol. The summed E-state index contributed by atoms with van der Waals surface area (Å²) in [4.78, 5) is 19.9. The van der Waals surface area contributed by atoms with Crippen molar-refractivity contribution < 1.29 is 0 Å². The van der Waals surface area contributed by atoms with Crippen molar-refractivity contribution in [3.05, 3.63) is 27.5 Å². The number of nitrogens with two attached hydrogens (primary N) is 1. The van der Waals surface area contributed by atoms with Crippen LogP contribution in [0.2, 0.25) is 0 Å². The fraction of sp³-hybridized carbons (Fsp3) is 0.333. The molecule has 2 aromatic rings. The minimum atomic E-state index is -0.222. The Morgan fingerprint density at radius 2 is 2.29 bits per heavy atom. The maximum absolute atomic E-state index is 12.1. The highest BCUT2D eigenvalue weighted by molar-refractivity contribution is 9.10. The molecule has 2 aromatic heterocycles. The van der Waals surface area contributed by atoms with E-state index in [0.717, 1.165) is 6.42 Å². The molecule has 0 saturated heterocycles. The van der Waals surface area contributed by atoms with Crippen LogP contribution in [0.4, 0.5) is 5.95 Å². The predicted molar refractivity (Wildman–Crippen MR) is 65.8 cm³/mol. The SMILES string of the molecule is CCCn1ccnc(-n2nc(N)nc2Br)c1=O. The Labute approximate surface area is 105 Å². The summed E-state index contributed by atoms with van der Waals surface area (Å²) in [6.07, 6.45) is 4.06. The van der Waals surface area contributed by atoms with E-state index >= 15 is 0 Å². The molecule has 0 amide bonds. The van der Waals surface area contributed by atoms with E-state index in [9.17, 15) is 4.79 Å².